The number of aromatic carboxylic acids is 1. The summed E-state index contributed by atoms with van der Waals surface area (Å²) < 4.78 is 0. The van der Waals surface area contributed by atoms with E-state index in [1.54, 1.807) is 0 Å². The molecule has 0 saturated heterocycles. The maximum absolute atomic E-state index is 12.6. The van der Waals surface area contributed by atoms with Crippen LogP contribution in [0, 0.1) is 0 Å². The lowest BCUT2D eigenvalue weighted by Gasteiger charge is -2.27. The summed E-state index contributed by atoms with van der Waals surface area (Å²) in [5.74, 6) is 0.882. The summed E-state index contributed by atoms with van der Waals surface area (Å²) >= 11 is 0. The van der Waals surface area contributed by atoms with Crippen LogP contribution >= 0.6 is 0 Å². The molecule has 3 saturated carbocycles. The predicted octanol–water partition coefficient (Wildman–Crippen LogP) is 8.70. The third-order valence-corrected chi connectivity index (χ3v) is 8.35. The Hall–Kier alpha value is -1.31. The predicted molar refractivity (Wildman–Crippen MR) is 125 cm³/mol. The molecule has 3 aliphatic rings. The fourth-order valence-electron chi connectivity index (χ4n) is 6.63. The van der Waals surface area contributed by atoms with Crippen molar-refractivity contribution in [2.24, 2.45) is 0 Å². The van der Waals surface area contributed by atoms with Gasteiger partial charge in [0.05, 0.1) is 5.56 Å². The maximum atomic E-state index is 12.6. The van der Waals surface area contributed by atoms with Gasteiger partial charge in [-0.3, -0.25) is 0 Å². The second kappa shape index (κ2) is 10.8. The molecule has 1 aromatic carbocycles. The molecule has 0 unspecified atom stereocenters. The summed E-state index contributed by atoms with van der Waals surface area (Å²) in [5.41, 5.74) is 4.63. The van der Waals surface area contributed by atoms with Crippen molar-refractivity contribution >= 4 is 5.97 Å². The van der Waals surface area contributed by atoms with Crippen molar-refractivity contribution in [2.45, 2.75) is 133 Å². The molecule has 1 aromatic rings. The van der Waals surface area contributed by atoms with Crippen LogP contribution in [-0.4, -0.2) is 11.1 Å². The van der Waals surface area contributed by atoms with Gasteiger partial charge in [-0.2, -0.15) is 0 Å². The third-order valence-electron chi connectivity index (χ3n) is 8.35. The number of rotatable bonds is 4. The molecule has 0 amide bonds. The molecule has 0 spiro atoms. The Morgan fingerprint density at radius 2 is 0.900 bits per heavy atom. The van der Waals surface area contributed by atoms with Gasteiger partial charge in [0.25, 0.3) is 0 Å². The molecule has 166 valence electrons. The summed E-state index contributed by atoms with van der Waals surface area (Å²) in [5, 5.41) is 10.4. The topological polar surface area (TPSA) is 37.3 Å². The highest BCUT2D eigenvalue weighted by molar-refractivity contribution is 5.92. The summed E-state index contributed by atoms with van der Waals surface area (Å²) in [7, 11) is 0. The monoisotopic (exact) mass is 410 g/mol. The Labute approximate surface area is 183 Å². The molecule has 0 atom stereocenters. The molecule has 0 radical (unpaired) electrons. The van der Waals surface area contributed by atoms with E-state index < -0.39 is 5.97 Å². The number of hydrogen-bond donors (Lipinski definition) is 1. The molecule has 3 aliphatic carbocycles. The van der Waals surface area contributed by atoms with Gasteiger partial charge in [-0.25, -0.2) is 4.79 Å². The third kappa shape index (κ3) is 5.29. The summed E-state index contributed by atoms with van der Waals surface area (Å²) in [6.07, 6.45) is 23.0. The normalized spacial score (nSPS) is 23.5. The molecule has 2 nitrogen and oxygen atoms in total. The van der Waals surface area contributed by atoms with Crippen molar-refractivity contribution in [3.05, 3.63) is 34.4 Å². The van der Waals surface area contributed by atoms with Crippen molar-refractivity contribution in [3.8, 4) is 0 Å². The van der Waals surface area contributed by atoms with Crippen LogP contribution in [0.1, 0.15) is 160 Å². The van der Waals surface area contributed by atoms with Crippen LogP contribution in [0.15, 0.2) is 12.1 Å². The van der Waals surface area contributed by atoms with Gasteiger partial charge in [0, 0.05) is 0 Å². The first-order chi connectivity index (χ1) is 14.7. The van der Waals surface area contributed by atoms with Crippen LogP contribution in [0.5, 0.6) is 0 Å². The highest BCUT2D eigenvalue weighted by atomic mass is 16.4. The first kappa shape index (κ1) is 21.9. The number of hydrogen-bond acceptors (Lipinski definition) is 1. The SMILES string of the molecule is O=C(O)c1c(C2CCCCCC2)cc(C2CCCCCC2)cc1C1CCCCCC1. The minimum atomic E-state index is -0.666. The smallest absolute Gasteiger partial charge is 0.336 e. The molecule has 2 heteroatoms. The average Bonchev–Trinajstić information content (AvgIpc) is 3.28. The molecular formula is C28H42O2. The van der Waals surface area contributed by atoms with E-state index >= 15 is 0 Å². The van der Waals surface area contributed by atoms with Crippen LogP contribution < -0.4 is 0 Å². The van der Waals surface area contributed by atoms with Gasteiger partial charge < -0.3 is 5.11 Å². The average molecular weight is 411 g/mol. The summed E-state index contributed by atoms with van der Waals surface area (Å²) in [6.45, 7) is 0. The zero-order valence-corrected chi connectivity index (χ0v) is 19.0. The quantitative estimate of drug-likeness (QED) is 0.504. The Kier molecular flexibility index (Phi) is 7.90. The van der Waals surface area contributed by atoms with Crippen molar-refractivity contribution in [3.63, 3.8) is 0 Å². The van der Waals surface area contributed by atoms with E-state index in [-0.39, 0.29) is 0 Å². The van der Waals surface area contributed by atoms with Gasteiger partial charge in [-0.1, -0.05) is 89.2 Å². The highest BCUT2D eigenvalue weighted by Crippen LogP contribution is 2.43. The molecular weight excluding hydrogens is 368 g/mol. The number of carboxylic acid groups (broad SMARTS) is 1. The Balaban J connectivity index is 1.79. The van der Waals surface area contributed by atoms with Gasteiger partial charge in [0.1, 0.15) is 0 Å². The number of carbonyl (C=O) groups is 1. The minimum absolute atomic E-state index is 0.453. The van der Waals surface area contributed by atoms with E-state index in [4.69, 9.17) is 0 Å². The van der Waals surface area contributed by atoms with Gasteiger partial charge in [0.15, 0.2) is 0 Å². The van der Waals surface area contributed by atoms with Gasteiger partial charge in [-0.15, -0.1) is 0 Å². The Morgan fingerprint density at radius 1 is 0.567 bits per heavy atom. The lowest BCUT2D eigenvalue weighted by atomic mass is 9.77. The van der Waals surface area contributed by atoms with E-state index in [0.29, 0.717) is 23.3 Å². The van der Waals surface area contributed by atoms with Crippen molar-refractivity contribution in [1.29, 1.82) is 0 Å². The van der Waals surface area contributed by atoms with Gasteiger partial charge in [0.2, 0.25) is 0 Å². The van der Waals surface area contributed by atoms with E-state index in [0.717, 1.165) is 0 Å². The number of carboxylic acids is 1. The van der Waals surface area contributed by atoms with Crippen molar-refractivity contribution in [2.75, 3.05) is 0 Å². The maximum Gasteiger partial charge on any atom is 0.336 e. The lowest BCUT2D eigenvalue weighted by Crippen LogP contribution is -2.15. The van der Waals surface area contributed by atoms with E-state index in [9.17, 15) is 9.90 Å². The zero-order valence-electron chi connectivity index (χ0n) is 19.0. The highest BCUT2D eigenvalue weighted by Gasteiger charge is 2.29. The molecule has 30 heavy (non-hydrogen) atoms. The van der Waals surface area contributed by atoms with Crippen LogP contribution in [0.25, 0.3) is 0 Å². The van der Waals surface area contributed by atoms with E-state index in [1.165, 1.54) is 132 Å². The molecule has 0 aliphatic heterocycles. The van der Waals surface area contributed by atoms with Crippen molar-refractivity contribution in [1.82, 2.24) is 0 Å². The van der Waals surface area contributed by atoms with Crippen LogP contribution in [0.2, 0.25) is 0 Å². The standard InChI is InChI=1S/C28H42O2/c29-28(30)27-25(22-15-9-3-4-10-16-22)19-24(21-13-7-1-2-8-14-21)20-26(27)23-17-11-5-6-12-18-23/h19-23H,1-18H2,(H,29,30). The fourth-order valence-corrected chi connectivity index (χ4v) is 6.63. The van der Waals surface area contributed by atoms with E-state index in [1.807, 2.05) is 0 Å². The van der Waals surface area contributed by atoms with Crippen molar-refractivity contribution < 1.29 is 9.90 Å². The minimum Gasteiger partial charge on any atom is -0.478 e. The number of benzene rings is 1. The van der Waals surface area contributed by atoms with Gasteiger partial charge >= 0.3 is 5.97 Å². The summed E-state index contributed by atoms with van der Waals surface area (Å²) in [6, 6.07) is 4.77. The molecule has 1 N–H and O–H groups in total. The molecule has 0 bridgehead atoms. The largest absolute Gasteiger partial charge is 0.478 e. The lowest BCUT2D eigenvalue weighted by molar-refractivity contribution is 0.0693. The molecule has 4 rings (SSSR count). The van der Waals surface area contributed by atoms with Crippen LogP contribution in [0.3, 0.4) is 0 Å². The first-order valence-corrected chi connectivity index (χ1v) is 13.1. The van der Waals surface area contributed by atoms with Crippen LogP contribution in [-0.2, 0) is 0 Å². The molecule has 0 heterocycles. The second-order valence-electron chi connectivity index (χ2n) is 10.4. The summed E-state index contributed by atoms with van der Waals surface area (Å²) in [4.78, 5) is 12.6. The fraction of sp³-hybridized carbons (Fsp3) is 0.750. The molecule has 0 aromatic heterocycles. The first-order valence-electron chi connectivity index (χ1n) is 13.1. The second-order valence-corrected chi connectivity index (χ2v) is 10.4. The van der Waals surface area contributed by atoms with E-state index in [2.05, 4.69) is 12.1 Å². The van der Waals surface area contributed by atoms with Crippen LogP contribution in [0.4, 0.5) is 0 Å². The Bertz CT molecular complexity index is 642. The Morgan fingerprint density at radius 3 is 1.23 bits per heavy atom. The van der Waals surface area contributed by atoms with Gasteiger partial charge in [-0.05, 0) is 73.0 Å². The molecule has 3 fully saturated rings. The zero-order chi connectivity index (χ0) is 20.8.